The summed E-state index contributed by atoms with van der Waals surface area (Å²) in [4.78, 5) is 0. The van der Waals surface area contributed by atoms with Crippen LogP contribution in [0.15, 0.2) is 10.6 Å². The fraction of sp³-hybridized carbons (Fsp3) is 0.824. The molecule has 1 unspecified atom stereocenters. The van der Waals surface area contributed by atoms with Crippen LogP contribution in [-0.2, 0) is 0 Å². The van der Waals surface area contributed by atoms with Crippen LogP contribution in [0.1, 0.15) is 55.9 Å². The number of rotatable bonds is 4. The predicted octanol–water partition coefficient (Wildman–Crippen LogP) is 3.49. The number of aromatic nitrogens is 1. The van der Waals surface area contributed by atoms with Gasteiger partial charge in [-0.1, -0.05) is 5.16 Å². The van der Waals surface area contributed by atoms with Crippen LogP contribution in [0.2, 0.25) is 0 Å². The van der Waals surface area contributed by atoms with E-state index in [2.05, 4.69) is 11.2 Å². The van der Waals surface area contributed by atoms with E-state index in [0.717, 1.165) is 41.0 Å². The van der Waals surface area contributed by atoms with E-state index in [0.29, 0.717) is 12.5 Å². The van der Waals surface area contributed by atoms with Crippen LogP contribution in [0, 0.1) is 36.5 Å². The first-order chi connectivity index (χ1) is 9.72. The maximum atomic E-state index is 6.04. The molecule has 0 aromatic carbocycles. The van der Waals surface area contributed by atoms with Gasteiger partial charge in [-0.15, -0.1) is 0 Å². The summed E-state index contributed by atoms with van der Waals surface area (Å²) < 4.78 is 5.25. The quantitative estimate of drug-likeness (QED) is 0.914. The Morgan fingerprint density at radius 2 is 1.85 bits per heavy atom. The summed E-state index contributed by atoms with van der Waals surface area (Å²) in [6, 6.07) is 2.08. The minimum Gasteiger partial charge on any atom is -0.361 e. The molecule has 110 valence electrons. The van der Waals surface area contributed by atoms with Crippen molar-refractivity contribution < 1.29 is 4.52 Å². The van der Waals surface area contributed by atoms with Gasteiger partial charge in [0.15, 0.2) is 0 Å². The molecule has 4 saturated carbocycles. The smallest absolute Gasteiger partial charge is 0.133 e. The minimum atomic E-state index is 0.398. The Kier molecular flexibility index (Phi) is 3.13. The van der Waals surface area contributed by atoms with Crippen molar-refractivity contribution >= 4 is 0 Å². The number of nitrogens with two attached hydrogens (primary N) is 1. The molecule has 5 rings (SSSR count). The first-order valence-corrected chi connectivity index (χ1v) is 8.36. The second-order valence-electron chi connectivity index (χ2n) is 7.63. The largest absolute Gasteiger partial charge is 0.361 e. The highest BCUT2D eigenvalue weighted by atomic mass is 16.5. The van der Waals surface area contributed by atoms with Gasteiger partial charge in [-0.3, -0.25) is 0 Å². The number of aryl methyl sites for hydroxylation is 1. The molecule has 0 aliphatic heterocycles. The fourth-order valence-corrected chi connectivity index (χ4v) is 5.67. The average Bonchev–Trinajstić information content (AvgIpc) is 2.84. The zero-order valence-electron chi connectivity index (χ0n) is 12.4. The van der Waals surface area contributed by atoms with Gasteiger partial charge in [-0.2, -0.15) is 0 Å². The second-order valence-corrected chi connectivity index (χ2v) is 7.63. The Morgan fingerprint density at radius 1 is 1.20 bits per heavy atom. The van der Waals surface area contributed by atoms with E-state index in [1.807, 2.05) is 6.92 Å². The van der Waals surface area contributed by atoms with E-state index in [-0.39, 0.29) is 0 Å². The third-order valence-electron chi connectivity index (χ3n) is 6.33. The van der Waals surface area contributed by atoms with Gasteiger partial charge in [-0.05, 0) is 75.0 Å². The zero-order valence-corrected chi connectivity index (χ0v) is 12.4. The van der Waals surface area contributed by atoms with Crippen LogP contribution < -0.4 is 5.73 Å². The SMILES string of the molecule is Cc1cc(C(CN)CC2C3CC4CC(C3)CC2C4)no1. The normalized spacial score (nSPS) is 40.2. The molecule has 1 heterocycles. The van der Waals surface area contributed by atoms with E-state index < -0.39 is 0 Å². The summed E-state index contributed by atoms with van der Waals surface area (Å²) in [7, 11) is 0. The first-order valence-electron chi connectivity index (χ1n) is 8.36. The fourth-order valence-electron chi connectivity index (χ4n) is 5.67. The molecule has 4 fully saturated rings. The topological polar surface area (TPSA) is 52.0 Å². The molecule has 0 amide bonds. The molecule has 4 aliphatic carbocycles. The Bertz CT molecular complexity index is 453. The van der Waals surface area contributed by atoms with E-state index in [4.69, 9.17) is 10.3 Å². The van der Waals surface area contributed by atoms with Crippen molar-refractivity contribution in [3.63, 3.8) is 0 Å². The third kappa shape index (κ3) is 2.11. The van der Waals surface area contributed by atoms with E-state index in [1.54, 1.807) is 0 Å². The summed E-state index contributed by atoms with van der Waals surface area (Å²) >= 11 is 0. The molecule has 0 radical (unpaired) electrons. The molecule has 3 heteroatoms. The lowest BCUT2D eigenvalue weighted by molar-refractivity contribution is -0.0421. The Hall–Kier alpha value is -0.830. The number of nitrogens with zero attached hydrogens (tertiary/aromatic N) is 1. The molecule has 3 nitrogen and oxygen atoms in total. The van der Waals surface area contributed by atoms with Gasteiger partial charge in [0.1, 0.15) is 5.76 Å². The average molecular weight is 274 g/mol. The Labute approximate surface area is 121 Å². The van der Waals surface area contributed by atoms with Gasteiger partial charge in [-0.25, -0.2) is 0 Å². The highest BCUT2D eigenvalue weighted by Crippen LogP contribution is 2.58. The van der Waals surface area contributed by atoms with E-state index >= 15 is 0 Å². The predicted molar refractivity (Wildman–Crippen MR) is 78.2 cm³/mol. The Balaban J connectivity index is 1.50. The van der Waals surface area contributed by atoms with Crippen molar-refractivity contribution in [1.82, 2.24) is 5.16 Å². The maximum Gasteiger partial charge on any atom is 0.133 e. The Morgan fingerprint density at radius 3 is 2.35 bits per heavy atom. The second kappa shape index (κ2) is 4.87. The molecule has 1 atom stereocenters. The molecule has 1 aromatic heterocycles. The van der Waals surface area contributed by atoms with Gasteiger partial charge >= 0.3 is 0 Å². The lowest BCUT2D eigenvalue weighted by Gasteiger charge is -2.55. The number of hydrogen-bond donors (Lipinski definition) is 1. The van der Waals surface area contributed by atoms with Crippen LogP contribution >= 0.6 is 0 Å². The molecule has 20 heavy (non-hydrogen) atoms. The molecule has 4 bridgehead atoms. The third-order valence-corrected chi connectivity index (χ3v) is 6.33. The van der Waals surface area contributed by atoms with Crippen LogP contribution in [0.5, 0.6) is 0 Å². The summed E-state index contributed by atoms with van der Waals surface area (Å²) in [5.74, 6) is 6.27. The molecule has 1 aromatic rings. The highest BCUT2D eigenvalue weighted by Gasteiger charge is 2.48. The number of hydrogen-bond acceptors (Lipinski definition) is 3. The lowest BCUT2D eigenvalue weighted by Crippen LogP contribution is -2.45. The summed E-state index contributed by atoms with van der Waals surface area (Å²) in [6.07, 6.45) is 8.74. The van der Waals surface area contributed by atoms with Crippen molar-refractivity contribution in [3.05, 3.63) is 17.5 Å². The molecule has 4 aliphatic rings. The maximum absolute atomic E-state index is 6.04. The van der Waals surface area contributed by atoms with Gasteiger partial charge in [0.25, 0.3) is 0 Å². The van der Waals surface area contributed by atoms with Crippen molar-refractivity contribution in [3.8, 4) is 0 Å². The van der Waals surface area contributed by atoms with Crippen molar-refractivity contribution in [2.45, 2.75) is 51.4 Å². The van der Waals surface area contributed by atoms with Crippen LogP contribution in [0.25, 0.3) is 0 Å². The van der Waals surface area contributed by atoms with Crippen LogP contribution in [-0.4, -0.2) is 11.7 Å². The van der Waals surface area contributed by atoms with Gasteiger partial charge < -0.3 is 10.3 Å². The molecule has 0 saturated heterocycles. The monoisotopic (exact) mass is 274 g/mol. The van der Waals surface area contributed by atoms with Crippen LogP contribution in [0.3, 0.4) is 0 Å². The summed E-state index contributed by atoms with van der Waals surface area (Å²) in [6.45, 7) is 2.67. The van der Waals surface area contributed by atoms with Gasteiger partial charge in [0, 0.05) is 18.5 Å². The van der Waals surface area contributed by atoms with Crippen LogP contribution in [0.4, 0.5) is 0 Å². The van der Waals surface area contributed by atoms with Crippen molar-refractivity contribution in [1.29, 1.82) is 0 Å². The molecular formula is C17H26N2O. The first kappa shape index (κ1) is 12.9. The van der Waals surface area contributed by atoms with Gasteiger partial charge in [0.05, 0.1) is 5.69 Å². The zero-order chi connectivity index (χ0) is 13.7. The van der Waals surface area contributed by atoms with Crippen molar-refractivity contribution in [2.24, 2.45) is 35.3 Å². The van der Waals surface area contributed by atoms with Crippen molar-refractivity contribution in [2.75, 3.05) is 6.54 Å². The standard InChI is InChI=1S/C17H26N2O/c1-10-2-17(19-20-10)15(9-18)8-16-13-4-11-3-12(6-13)7-14(16)5-11/h2,11-16H,3-9,18H2,1H3. The molecular weight excluding hydrogens is 248 g/mol. The van der Waals surface area contributed by atoms with E-state index in [1.165, 1.54) is 38.5 Å². The van der Waals surface area contributed by atoms with Gasteiger partial charge in [0.2, 0.25) is 0 Å². The molecule has 0 spiro atoms. The minimum absolute atomic E-state index is 0.398. The lowest BCUT2D eigenvalue weighted by atomic mass is 9.50. The summed E-state index contributed by atoms with van der Waals surface area (Å²) in [5, 5.41) is 4.22. The highest BCUT2D eigenvalue weighted by molar-refractivity contribution is 5.11. The van der Waals surface area contributed by atoms with E-state index in [9.17, 15) is 0 Å². The summed E-state index contributed by atoms with van der Waals surface area (Å²) in [5.41, 5.74) is 7.12. The molecule has 2 N–H and O–H groups in total.